The lowest BCUT2D eigenvalue weighted by atomic mass is 9.95. The maximum absolute atomic E-state index is 13.7. The summed E-state index contributed by atoms with van der Waals surface area (Å²) >= 11 is 1.29. The molecule has 1 aliphatic heterocycles. The largest absolute Gasteiger partial charge is 0.489 e. The zero-order valence-corrected chi connectivity index (χ0v) is 22.3. The highest BCUT2D eigenvalue weighted by atomic mass is 32.1. The standard InChI is InChI=1S/C31H25N3O4S/c1-3-25-27(30(36)37-2)28(21-9-5-4-6-10-21)34-29(35)26(39-31(34)33-25)17-20-13-15-24(16-14-20)38-19-23-12-8-7-11-22(23)18-32/h4-17,28H,3,19H2,1-2H3/b26-17-/t28-/m0/s1. The molecule has 8 heteroatoms. The van der Waals surface area contributed by atoms with Gasteiger partial charge in [-0.2, -0.15) is 5.26 Å². The normalized spacial score (nSPS) is 14.8. The Hall–Kier alpha value is -4.74. The van der Waals surface area contributed by atoms with Gasteiger partial charge in [0.05, 0.1) is 40.6 Å². The Balaban J connectivity index is 1.50. The van der Waals surface area contributed by atoms with Crippen LogP contribution >= 0.6 is 11.3 Å². The summed E-state index contributed by atoms with van der Waals surface area (Å²) in [6, 6.07) is 25.7. The van der Waals surface area contributed by atoms with Gasteiger partial charge in [-0.05, 0) is 41.8 Å². The van der Waals surface area contributed by atoms with E-state index < -0.39 is 12.0 Å². The van der Waals surface area contributed by atoms with Crippen molar-refractivity contribution in [2.45, 2.75) is 26.0 Å². The van der Waals surface area contributed by atoms with Gasteiger partial charge < -0.3 is 9.47 Å². The Labute approximate surface area is 229 Å². The fraction of sp³-hybridized carbons (Fsp3) is 0.161. The molecule has 0 unspecified atom stereocenters. The zero-order valence-electron chi connectivity index (χ0n) is 21.5. The third kappa shape index (κ3) is 5.17. The molecule has 0 radical (unpaired) electrons. The van der Waals surface area contributed by atoms with Gasteiger partial charge in [0.15, 0.2) is 4.80 Å². The van der Waals surface area contributed by atoms with Crippen molar-refractivity contribution in [3.63, 3.8) is 0 Å². The number of hydrogen-bond donors (Lipinski definition) is 0. The van der Waals surface area contributed by atoms with Crippen LogP contribution in [0.4, 0.5) is 0 Å². The molecule has 0 amide bonds. The van der Waals surface area contributed by atoms with Gasteiger partial charge in [0.2, 0.25) is 0 Å². The minimum Gasteiger partial charge on any atom is -0.489 e. The van der Waals surface area contributed by atoms with E-state index in [0.717, 1.165) is 16.7 Å². The van der Waals surface area contributed by atoms with Crippen LogP contribution in [0.2, 0.25) is 0 Å². The third-order valence-corrected chi connectivity index (χ3v) is 7.46. The summed E-state index contributed by atoms with van der Waals surface area (Å²) in [5.74, 6) is 0.160. The molecular weight excluding hydrogens is 510 g/mol. The molecule has 4 aromatic rings. The van der Waals surface area contributed by atoms with Crippen LogP contribution in [0.15, 0.2) is 99.9 Å². The van der Waals surface area contributed by atoms with Crippen molar-refractivity contribution in [1.29, 1.82) is 5.26 Å². The van der Waals surface area contributed by atoms with Crippen molar-refractivity contribution < 1.29 is 14.3 Å². The number of thiazole rings is 1. The number of fused-ring (bicyclic) bond motifs is 1. The molecule has 194 valence electrons. The molecule has 0 saturated carbocycles. The highest BCUT2D eigenvalue weighted by Crippen LogP contribution is 2.31. The summed E-state index contributed by atoms with van der Waals surface area (Å²) in [4.78, 5) is 31.8. The van der Waals surface area contributed by atoms with Crippen molar-refractivity contribution in [1.82, 2.24) is 4.57 Å². The van der Waals surface area contributed by atoms with Gasteiger partial charge >= 0.3 is 5.97 Å². The fourth-order valence-corrected chi connectivity index (χ4v) is 5.56. The van der Waals surface area contributed by atoms with E-state index in [2.05, 4.69) is 6.07 Å². The van der Waals surface area contributed by atoms with E-state index in [1.54, 1.807) is 10.6 Å². The van der Waals surface area contributed by atoms with E-state index in [4.69, 9.17) is 14.5 Å². The molecular formula is C31H25N3O4S. The predicted octanol–water partition coefficient (Wildman–Crippen LogP) is 4.25. The van der Waals surface area contributed by atoms with E-state index in [-0.39, 0.29) is 12.2 Å². The van der Waals surface area contributed by atoms with Gasteiger partial charge in [-0.3, -0.25) is 9.36 Å². The number of carbonyl (C=O) groups is 1. The molecule has 1 aliphatic rings. The Morgan fingerprint density at radius 3 is 2.49 bits per heavy atom. The predicted molar refractivity (Wildman–Crippen MR) is 149 cm³/mol. The summed E-state index contributed by atoms with van der Waals surface area (Å²) in [6.07, 6.45) is 2.34. The van der Waals surface area contributed by atoms with Crippen molar-refractivity contribution in [3.8, 4) is 11.8 Å². The van der Waals surface area contributed by atoms with Crippen molar-refractivity contribution >= 4 is 23.4 Å². The van der Waals surface area contributed by atoms with E-state index in [9.17, 15) is 14.9 Å². The van der Waals surface area contributed by atoms with Crippen molar-refractivity contribution in [2.24, 2.45) is 4.99 Å². The summed E-state index contributed by atoms with van der Waals surface area (Å²) in [6.45, 7) is 2.21. The lowest BCUT2D eigenvalue weighted by Gasteiger charge is -2.25. The van der Waals surface area contributed by atoms with E-state index in [1.165, 1.54) is 18.4 Å². The van der Waals surface area contributed by atoms with Crippen molar-refractivity contribution in [3.05, 3.63) is 132 Å². The molecule has 5 rings (SSSR count). The van der Waals surface area contributed by atoms with Crippen molar-refractivity contribution in [2.75, 3.05) is 7.11 Å². The maximum Gasteiger partial charge on any atom is 0.338 e. The van der Waals surface area contributed by atoms with Gasteiger partial charge in [-0.15, -0.1) is 0 Å². The first-order chi connectivity index (χ1) is 19.0. The Morgan fingerprint density at radius 2 is 1.79 bits per heavy atom. The number of hydrogen-bond acceptors (Lipinski definition) is 7. The van der Waals surface area contributed by atoms with E-state index in [0.29, 0.717) is 38.3 Å². The molecule has 1 atom stereocenters. The quantitative estimate of drug-likeness (QED) is 0.330. The smallest absolute Gasteiger partial charge is 0.338 e. The van der Waals surface area contributed by atoms with Gasteiger partial charge in [-0.25, -0.2) is 9.79 Å². The molecule has 0 N–H and O–H groups in total. The first kappa shape index (κ1) is 25.9. The number of aromatic nitrogens is 1. The van der Waals surface area contributed by atoms with Gasteiger partial charge in [0, 0.05) is 5.56 Å². The summed E-state index contributed by atoms with van der Waals surface area (Å²) < 4.78 is 13.1. The first-order valence-corrected chi connectivity index (χ1v) is 13.2. The highest BCUT2D eigenvalue weighted by molar-refractivity contribution is 7.07. The topological polar surface area (TPSA) is 93.7 Å². The third-order valence-electron chi connectivity index (χ3n) is 6.48. The number of allylic oxidation sites excluding steroid dienone is 1. The van der Waals surface area contributed by atoms with Crippen LogP contribution in [-0.2, 0) is 16.1 Å². The SMILES string of the molecule is CCC1=C(C(=O)OC)[C@H](c2ccccc2)n2c(s/c(=C\c3ccc(OCc4ccccc4C#N)cc3)c2=O)=N1. The molecule has 3 aromatic carbocycles. The Kier molecular flexibility index (Phi) is 7.53. The van der Waals surface area contributed by atoms with Gasteiger partial charge in [0.1, 0.15) is 12.4 Å². The molecule has 39 heavy (non-hydrogen) atoms. The second-order valence-corrected chi connectivity index (χ2v) is 9.83. The number of rotatable bonds is 7. The van der Waals surface area contributed by atoms with E-state index in [1.807, 2.05) is 85.8 Å². The number of ether oxygens (including phenoxy) is 2. The van der Waals surface area contributed by atoms with Crippen LogP contribution in [-0.4, -0.2) is 17.6 Å². The molecule has 1 aromatic heterocycles. The van der Waals surface area contributed by atoms with Gasteiger partial charge in [0.25, 0.3) is 5.56 Å². The molecule has 0 aliphatic carbocycles. The minimum atomic E-state index is -0.626. The minimum absolute atomic E-state index is 0.224. The molecule has 0 bridgehead atoms. The number of benzene rings is 3. The Morgan fingerprint density at radius 1 is 1.08 bits per heavy atom. The number of esters is 1. The molecule has 0 fully saturated rings. The number of nitrogens with zero attached hydrogens (tertiary/aromatic N) is 3. The first-order valence-electron chi connectivity index (χ1n) is 12.4. The van der Waals surface area contributed by atoms with Crippen LogP contribution in [0.3, 0.4) is 0 Å². The number of carbonyl (C=O) groups excluding carboxylic acids is 1. The molecule has 2 heterocycles. The van der Waals surface area contributed by atoms with Gasteiger partial charge in [-0.1, -0.05) is 78.9 Å². The van der Waals surface area contributed by atoms with Crippen LogP contribution < -0.4 is 19.6 Å². The number of methoxy groups -OCH3 is 1. The lowest BCUT2D eigenvalue weighted by molar-refractivity contribution is -0.136. The summed E-state index contributed by atoms with van der Waals surface area (Å²) in [7, 11) is 1.34. The summed E-state index contributed by atoms with van der Waals surface area (Å²) in [5.41, 5.74) is 3.80. The molecule has 0 saturated heterocycles. The zero-order chi connectivity index (χ0) is 27.4. The maximum atomic E-state index is 13.7. The Bertz CT molecular complexity index is 1780. The average molecular weight is 536 g/mol. The average Bonchev–Trinajstić information content (AvgIpc) is 3.30. The number of nitriles is 1. The van der Waals surface area contributed by atoms with E-state index >= 15 is 0 Å². The lowest BCUT2D eigenvalue weighted by Crippen LogP contribution is -2.40. The summed E-state index contributed by atoms with van der Waals surface area (Å²) in [5, 5.41) is 9.27. The van der Waals surface area contributed by atoms with Crippen LogP contribution in [0.1, 0.15) is 41.6 Å². The van der Waals surface area contributed by atoms with Crippen LogP contribution in [0, 0.1) is 11.3 Å². The molecule has 7 nitrogen and oxygen atoms in total. The fourth-order valence-electron chi connectivity index (χ4n) is 4.54. The second-order valence-electron chi connectivity index (χ2n) is 8.83. The second kappa shape index (κ2) is 11.3. The molecule has 0 spiro atoms. The van der Waals surface area contributed by atoms with Crippen LogP contribution in [0.25, 0.3) is 6.08 Å². The highest BCUT2D eigenvalue weighted by Gasteiger charge is 2.33. The van der Waals surface area contributed by atoms with Crippen LogP contribution in [0.5, 0.6) is 5.75 Å². The monoisotopic (exact) mass is 535 g/mol.